The summed E-state index contributed by atoms with van der Waals surface area (Å²) in [6, 6.07) is 6.14. The highest BCUT2D eigenvalue weighted by molar-refractivity contribution is 6.04. The normalized spacial score (nSPS) is 10.4. The smallest absolute Gasteiger partial charge is 0.255 e. The highest BCUT2D eigenvalue weighted by Gasteiger charge is 2.11. The molecular formula is C15H14F2N2O. The van der Waals surface area contributed by atoms with E-state index in [0.717, 1.165) is 29.3 Å². The van der Waals surface area contributed by atoms with Crippen LogP contribution < -0.4 is 11.1 Å². The predicted octanol–water partition coefficient (Wildman–Crippen LogP) is 3.42. The molecule has 0 spiro atoms. The Morgan fingerprint density at radius 3 is 2.20 bits per heavy atom. The van der Waals surface area contributed by atoms with E-state index in [4.69, 9.17) is 5.73 Å². The maximum absolute atomic E-state index is 13.1. The van der Waals surface area contributed by atoms with Crippen molar-refractivity contribution in [3.8, 4) is 0 Å². The Bertz CT molecular complexity index is 664. The molecule has 0 aliphatic carbocycles. The van der Waals surface area contributed by atoms with E-state index in [1.807, 2.05) is 6.92 Å². The van der Waals surface area contributed by atoms with Gasteiger partial charge in [-0.05, 0) is 49.2 Å². The number of anilines is 2. The van der Waals surface area contributed by atoms with E-state index in [1.165, 1.54) is 0 Å². The Labute approximate surface area is 115 Å². The van der Waals surface area contributed by atoms with E-state index in [0.29, 0.717) is 11.4 Å². The van der Waals surface area contributed by atoms with Crippen molar-refractivity contribution in [1.29, 1.82) is 0 Å². The fourth-order valence-electron chi connectivity index (χ4n) is 1.85. The monoisotopic (exact) mass is 276 g/mol. The molecule has 3 N–H and O–H groups in total. The van der Waals surface area contributed by atoms with Crippen molar-refractivity contribution in [1.82, 2.24) is 0 Å². The Morgan fingerprint density at radius 1 is 1.00 bits per heavy atom. The molecule has 3 nitrogen and oxygen atoms in total. The van der Waals surface area contributed by atoms with Crippen LogP contribution in [0.2, 0.25) is 0 Å². The van der Waals surface area contributed by atoms with Gasteiger partial charge in [0.15, 0.2) is 0 Å². The molecule has 0 aromatic heterocycles. The van der Waals surface area contributed by atoms with Crippen LogP contribution in [0.4, 0.5) is 20.2 Å². The molecule has 0 fully saturated rings. The number of halogens is 2. The van der Waals surface area contributed by atoms with E-state index in [1.54, 1.807) is 19.1 Å². The second-order valence-corrected chi connectivity index (χ2v) is 4.64. The maximum atomic E-state index is 13.1. The van der Waals surface area contributed by atoms with Crippen LogP contribution in [0.5, 0.6) is 0 Å². The minimum atomic E-state index is -0.791. The number of nitrogens with one attached hydrogen (secondary N) is 1. The molecule has 0 aliphatic rings. The summed E-state index contributed by atoms with van der Waals surface area (Å²) in [5.41, 5.74) is 8.46. The lowest BCUT2D eigenvalue weighted by Gasteiger charge is -2.11. The van der Waals surface area contributed by atoms with Gasteiger partial charge in [0.25, 0.3) is 5.91 Å². The van der Waals surface area contributed by atoms with Crippen LogP contribution in [0.15, 0.2) is 30.3 Å². The lowest BCUT2D eigenvalue weighted by atomic mass is 10.1. The number of nitrogen functional groups attached to an aromatic ring is 1. The van der Waals surface area contributed by atoms with Crippen LogP contribution in [0.1, 0.15) is 21.5 Å². The first-order valence-corrected chi connectivity index (χ1v) is 6.01. The van der Waals surface area contributed by atoms with Crippen LogP contribution in [0.3, 0.4) is 0 Å². The number of carbonyl (C=O) groups excluding carboxylic acids is 1. The maximum Gasteiger partial charge on any atom is 0.255 e. The first-order chi connectivity index (χ1) is 9.36. The Balaban J connectivity index is 2.30. The molecule has 2 rings (SSSR count). The van der Waals surface area contributed by atoms with Gasteiger partial charge in [0, 0.05) is 23.0 Å². The van der Waals surface area contributed by atoms with Crippen molar-refractivity contribution in [3.63, 3.8) is 0 Å². The van der Waals surface area contributed by atoms with Crippen molar-refractivity contribution in [2.24, 2.45) is 0 Å². The van der Waals surface area contributed by atoms with Crippen molar-refractivity contribution in [3.05, 3.63) is 58.7 Å². The number of hydrogen-bond acceptors (Lipinski definition) is 2. The van der Waals surface area contributed by atoms with Gasteiger partial charge in [-0.15, -0.1) is 0 Å². The fourth-order valence-corrected chi connectivity index (χ4v) is 1.85. The van der Waals surface area contributed by atoms with Crippen molar-refractivity contribution >= 4 is 17.3 Å². The number of aryl methyl sites for hydroxylation is 2. The highest BCUT2D eigenvalue weighted by Crippen LogP contribution is 2.22. The van der Waals surface area contributed by atoms with Gasteiger partial charge in [0.1, 0.15) is 11.6 Å². The summed E-state index contributed by atoms with van der Waals surface area (Å²) in [5, 5.41) is 2.62. The number of amides is 1. The Hall–Kier alpha value is -2.43. The number of benzene rings is 2. The molecule has 20 heavy (non-hydrogen) atoms. The zero-order valence-electron chi connectivity index (χ0n) is 11.1. The summed E-state index contributed by atoms with van der Waals surface area (Å²) in [6.07, 6.45) is 0. The van der Waals surface area contributed by atoms with E-state index < -0.39 is 17.5 Å². The van der Waals surface area contributed by atoms with Crippen LogP contribution in [0.25, 0.3) is 0 Å². The topological polar surface area (TPSA) is 55.1 Å². The average Bonchev–Trinajstić information content (AvgIpc) is 2.34. The SMILES string of the molecule is Cc1cc(NC(=O)c2cc(F)cc(F)c2)c(C)cc1N. The fraction of sp³-hybridized carbons (Fsp3) is 0.133. The second-order valence-electron chi connectivity index (χ2n) is 4.64. The van der Waals surface area contributed by atoms with Gasteiger partial charge in [0.05, 0.1) is 0 Å². The third-order valence-electron chi connectivity index (χ3n) is 2.99. The summed E-state index contributed by atoms with van der Waals surface area (Å²) in [7, 11) is 0. The number of carbonyl (C=O) groups is 1. The molecule has 104 valence electrons. The first-order valence-electron chi connectivity index (χ1n) is 6.01. The van der Waals surface area contributed by atoms with Crippen LogP contribution >= 0.6 is 0 Å². The standard InChI is InChI=1S/C15H14F2N2O/c1-8-4-14(9(2)3-13(8)18)19-15(20)10-5-11(16)7-12(17)6-10/h3-7H,18H2,1-2H3,(H,19,20). The molecular weight excluding hydrogens is 262 g/mol. The largest absolute Gasteiger partial charge is 0.399 e. The third-order valence-corrected chi connectivity index (χ3v) is 2.99. The lowest BCUT2D eigenvalue weighted by molar-refractivity contribution is 0.102. The average molecular weight is 276 g/mol. The summed E-state index contributed by atoms with van der Waals surface area (Å²) in [5.74, 6) is -2.16. The van der Waals surface area contributed by atoms with Gasteiger partial charge in [-0.2, -0.15) is 0 Å². The minimum absolute atomic E-state index is 0.0728. The minimum Gasteiger partial charge on any atom is -0.399 e. The molecule has 0 saturated heterocycles. The number of rotatable bonds is 2. The summed E-state index contributed by atoms with van der Waals surface area (Å²) >= 11 is 0. The molecule has 0 saturated carbocycles. The Kier molecular flexibility index (Phi) is 3.70. The van der Waals surface area contributed by atoms with Crippen molar-refractivity contribution in [2.75, 3.05) is 11.1 Å². The van der Waals surface area contributed by atoms with Crippen LogP contribution in [-0.2, 0) is 0 Å². The molecule has 1 amide bonds. The van der Waals surface area contributed by atoms with Gasteiger partial charge in [-0.3, -0.25) is 4.79 Å². The van der Waals surface area contributed by atoms with Crippen LogP contribution in [-0.4, -0.2) is 5.91 Å². The molecule has 0 radical (unpaired) electrons. The molecule has 2 aromatic rings. The zero-order valence-corrected chi connectivity index (χ0v) is 11.1. The number of nitrogens with two attached hydrogens (primary N) is 1. The summed E-state index contributed by atoms with van der Waals surface area (Å²) in [6.45, 7) is 3.60. The van der Waals surface area contributed by atoms with Crippen LogP contribution in [0, 0.1) is 25.5 Å². The third kappa shape index (κ3) is 2.93. The second kappa shape index (κ2) is 5.28. The van der Waals surface area contributed by atoms with Gasteiger partial charge in [-0.1, -0.05) is 0 Å². The zero-order chi connectivity index (χ0) is 14.9. The summed E-state index contributed by atoms with van der Waals surface area (Å²) < 4.78 is 26.2. The first kappa shape index (κ1) is 14.0. The molecule has 0 atom stereocenters. The number of hydrogen-bond donors (Lipinski definition) is 2. The molecule has 2 aromatic carbocycles. The van der Waals surface area contributed by atoms with E-state index in [9.17, 15) is 13.6 Å². The Morgan fingerprint density at radius 2 is 1.60 bits per heavy atom. The van der Waals surface area contributed by atoms with Gasteiger partial charge in [-0.25, -0.2) is 8.78 Å². The lowest BCUT2D eigenvalue weighted by Crippen LogP contribution is -2.13. The van der Waals surface area contributed by atoms with Gasteiger partial charge in [0.2, 0.25) is 0 Å². The van der Waals surface area contributed by atoms with Gasteiger partial charge < -0.3 is 11.1 Å². The molecule has 0 unspecified atom stereocenters. The molecule has 0 bridgehead atoms. The molecule has 0 heterocycles. The quantitative estimate of drug-likeness (QED) is 0.826. The predicted molar refractivity (Wildman–Crippen MR) is 74.6 cm³/mol. The highest BCUT2D eigenvalue weighted by atomic mass is 19.1. The van der Waals surface area contributed by atoms with E-state index >= 15 is 0 Å². The van der Waals surface area contributed by atoms with Crippen molar-refractivity contribution in [2.45, 2.75) is 13.8 Å². The van der Waals surface area contributed by atoms with Gasteiger partial charge >= 0.3 is 0 Å². The molecule has 0 aliphatic heterocycles. The summed E-state index contributed by atoms with van der Waals surface area (Å²) in [4.78, 5) is 12.0. The van der Waals surface area contributed by atoms with E-state index in [2.05, 4.69) is 5.32 Å². The van der Waals surface area contributed by atoms with Crippen molar-refractivity contribution < 1.29 is 13.6 Å². The van der Waals surface area contributed by atoms with E-state index in [-0.39, 0.29) is 5.56 Å². The molecule has 5 heteroatoms.